The fourth-order valence-corrected chi connectivity index (χ4v) is 3.91. The molecule has 0 unspecified atom stereocenters. The van der Waals surface area contributed by atoms with E-state index < -0.39 is 0 Å². The molecule has 0 aliphatic rings. The fourth-order valence-electron chi connectivity index (χ4n) is 3.91. The summed E-state index contributed by atoms with van der Waals surface area (Å²) in [6.45, 7) is 3.16. The Morgan fingerprint density at radius 1 is 0.914 bits per heavy atom. The third-order valence-electron chi connectivity index (χ3n) is 5.69. The van der Waals surface area contributed by atoms with Gasteiger partial charge < -0.3 is 14.4 Å². The van der Waals surface area contributed by atoms with E-state index in [1.54, 1.807) is 37.6 Å². The first-order valence-electron chi connectivity index (χ1n) is 11.1. The van der Waals surface area contributed by atoms with E-state index in [0.29, 0.717) is 24.6 Å². The number of fused-ring (bicyclic) bond motifs is 1. The van der Waals surface area contributed by atoms with Gasteiger partial charge in [0, 0.05) is 54.9 Å². The van der Waals surface area contributed by atoms with Crippen molar-refractivity contribution in [2.75, 3.05) is 25.7 Å². The smallest absolute Gasteiger partial charge is 0.147 e. The molecule has 0 amide bonds. The predicted octanol–water partition coefficient (Wildman–Crippen LogP) is 3.79. The van der Waals surface area contributed by atoms with Crippen LogP contribution in [0.15, 0.2) is 61.3 Å². The lowest BCUT2D eigenvalue weighted by molar-refractivity contribution is 0.394. The van der Waals surface area contributed by atoms with Crippen LogP contribution in [0.3, 0.4) is 0 Å². The molecule has 178 valence electrons. The molecule has 0 N–H and O–H groups in total. The van der Waals surface area contributed by atoms with Gasteiger partial charge in [0.05, 0.1) is 49.9 Å². The predicted molar refractivity (Wildman–Crippen MR) is 133 cm³/mol. The van der Waals surface area contributed by atoms with E-state index in [9.17, 15) is 0 Å². The van der Waals surface area contributed by atoms with Crippen LogP contribution in [-0.4, -0.2) is 55.3 Å². The molecule has 10 nitrogen and oxygen atoms in total. The van der Waals surface area contributed by atoms with Gasteiger partial charge in [0.25, 0.3) is 0 Å². The van der Waals surface area contributed by atoms with Gasteiger partial charge in [0.1, 0.15) is 23.7 Å². The molecule has 0 fully saturated rings. The van der Waals surface area contributed by atoms with Crippen LogP contribution in [0.2, 0.25) is 0 Å². The van der Waals surface area contributed by atoms with Crippen LogP contribution in [0, 0.1) is 6.92 Å². The van der Waals surface area contributed by atoms with Gasteiger partial charge >= 0.3 is 0 Å². The van der Waals surface area contributed by atoms with Crippen LogP contribution in [-0.2, 0) is 13.6 Å². The van der Waals surface area contributed by atoms with Crippen LogP contribution in [0.4, 0.5) is 11.4 Å². The van der Waals surface area contributed by atoms with Gasteiger partial charge in [-0.3, -0.25) is 14.3 Å². The normalized spacial score (nSPS) is 11.1. The Kier molecular flexibility index (Phi) is 6.01. The van der Waals surface area contributed by atoms with Gasteiger partial charge in [-0.25, -0.2) is 9.97 Å². The van der Waals surface area contributed by atoms with Gasteiger partial charge in [0.2, 0.25) is 0 Å². The maximum Gasteiger partial charge on any atom is 0.147 e. The Morgan fingerprint density at radius 2 is 1.71 bits per heavy atom. The minimum atomic E-state index is 0.639. The summed E-state index contributed by atoms with van der Waals surface area (Å²) in [5.41, 5.74) is 5.19. The monoisotopic (exact) mass is 470 g/mol. The van der Waals surface area contributed by atoms with Crippen molar-refractivity contribution in [3.8, 4) is 22.8 Å². The molecule has 2 aromatic carbocycles. The minimum absolute atomic E-state index is 0.639. The van der Waals surface area contributed by atoms with Gasteiger partial charge in [0.15, 0.2) is 0 Å². The summed E-state index contributed by atoms with van der Waals surface area (Å²) in [6.07, 6.45) is 7.23. The summed E-state index contributed by atoms with van der Waals surface area (Å²) in [5.74, 6) is 2.16. The van der Waals surface area contributed by atoms with Crippen molar-refractivity contribution < 1.29 is 9.47 Å². The maximum atomic E-state index is 5.52. The first kappa shape index (κ1) is 22.3. The fraction of sp³-hybridized carbons (Fsp3) is 0.240. The third kappa shape index (κ3) is 4.77. The Bertz CT molecular complexity index is 1450. The number of nitrogens with zero attached hydrogens (tertiary/aromatic N) is 8. The van der Waals surface area contributed by atoms with Gasteiger partial charge in [-0.05, 0) is 25.1 Å². The molecule has 0 aliphatic carbocycles. The quantitative estimate of drug-likeness (QED) is 0.338. The molecular formula is C25H26N8O2. The van der Waals surface area contributed by atoms with Crippen LogP contribution < -0.4 is 14.4 Å². The third-order valence-corrected chi connectivity index (χ3v) is 5.69. The van der Waals surface area contributed by atoms with E-state index in [1.165, 1.54) is 0 Å². The number of hydrogen-bond acceptors (Lipinski definition) is 8. The second-order valence-electron chi connectivity index (χ2n) is 8.11. The molecule has 5 rings (SSSR count). The summed E-state index contributed by atoms with van der Waals surface area (Å²) < 4.78 is 14.6. The summed E-state index contributed by atoms with van der Waals surface area (Å²) in [7, 11) is 5.17. The highest BCUT2D eigenvalue weighted by Crippen LogP contribution is 2.34. The number of methoxy groups -OCH3 is 2. The molecule has 0 radical (unpaired) electrons. The van der Waals surface area contributed by atoms with Gasteiger partial charge in [-0.15, -0.1) is 0 Å². The average molecular weight is 471 g/mol. The largest absolute Gasteiger partial charge is 0.497 e. The zero-order valence-electron chi connectivity index (χ0n) is 20.1. The number of ether oxygens (including phenoxy) is 2. The van der Waals surface area contributed by atoms with Crippen LogP contribution in [0.1, 0.15) is 5.82 Å². The van der Waals surface area contributed by atoms with Crippen LogP contribution in [0.25, 0.3) is 22.3 Å². The van der Waals surface area contributed by atoms with E-state index in [4.69, 9.17) is 14.5 Å². The summed E-state index contributed by atoms with van der Waals surface area (Å²) in [5, 5.41) is 8.68. The summed E-state index contributed by atoms with van der Waals surface area (Å²) in [4.78, 5) is 15.9. The van der Waals surface area contributed by atoms with E-state index in [-0.39, 0.29) is 0 Å². The number of aromatic nitrogens is 7. The molecule has 5 aromatic rings. The van der Waals surface area contributed by atoms with Crippen molar-refractivity contribution in [2.45, 2.75) is 13.5 Å². The first-order chi connectivity index (χ1) is 17.0. The number of hydrogen-bond donors (Lipinski definition) is 0. The summed E-state index contributed by atoms with van der Waals surface area (Å²) >= 11 is 0. The highest BCUT2D eigenvalue weighted by atomic mass is 16.5. The second kappa shape index (κ2) is 9.41. The molecule has 0 saturated heterocycles. The summed E-state index contributed by atoms with van der Waals surface area (Å²) in [6, 6.07) is 11.9. The molecule has 0 aliphatic heterocycles. The molecule has 35 heavy (non-hydrogen) atoms. The lowest BCUT2D eigenvalue weighted by Gasteiger charge is -2.26. The van der Waals surface area contributed by atoms with Gasteiger partial charge in [-0.2, -0.15) is 10.2 Å². The second-order valence-corrected chi connectivity index (χ2v) is 8.11. The Labute approximate surface area is 202 Å². The number of aryl methyl sites for hydroxylation is 2. The Morgan fingerprint density at radius 3 is 2.37 bits per heavy atom. The highest BCUT2D eigenvalue weighted by Gasteiger charge is 2.15. The molecule has 3 heterocycles. The lowest BCUT2D eigenvalue weighted by Crippen LogP contribution is -2.23. The van der Waals surface area contributed by atoms with Crippen molar-refractivity contribution in [2.24, 2.45) is 7.05 Å². The van der Waals surface area contributed by atoms with Crippen molar-refractivity contribution in [3.63, 3.8) is 0 Å². The van der Waals surface area contributed by atoms with Crippen molar-refractivity contribution in [1.29, 1.82) is 0 Å². The molecule has 3 aromatic heterocycles. The highest BCUT2D eigenvalue weighted by molar-refractivity contribution is 5.82. The minimum Gasteiger partial charge on any atom is -0.497 e. The van der Waals surface area contributed by atoms with Crippen molar-refractivity contribution in [1.82, 2.24) is 34.5 Å². The van der Waals surface area contributed by atoms with Crippen molar-refractivity contribution in [3.05, 3.63) is 67.1 Å². The zero-order chi connectivity index (χ0) is 24.4. The molecule has 0 atom stereocenters. The molecular weight excluding hydrogens is 444 g/mol. The zero-order valence-corrected chi connectivity index (χ0v) is 20.1. The van der Waals surface area contributed by atoms with E-state index in [0.717, 1.165) is 39.5 Å². The SMILES string of the molecule is COc1cc(OC)cc(N(CCn2cnc(C)n2)c2ccc3ncc(-c4cnn(C)c4)nc3c2)c1. The van der Waals surface area contributed by atoms with E-state index in [1.807, 2.05) is 61.2 Å². The number of anilines is 2. The molecule has 10 heteroatoms. The molecule has 0 spiro atoms. The topological polar surface area (TPSA) is 96.0 Å². The number of benzene rings is 2. The Balaban J connectivity index is 1.57. The molecule has 0 bridgehead atoms. The molecule has 0 saturated carbocycles. The standard InChI is InChI=1S/C25H26N8O2/c1-17-27-16-32(30-17)7-8-33(20-9-21(34-3)12-22(10-20)35-4)19-5-6-23-24(11-19)29-25(14-26-23)18-13-28-31(2)15-18/h5-6,9-16H,7-8H2,1-4H3. The number of rotatable bonds is 8. The van der Waals surface area contributed by atoms with E-state index in [2.05, 4.69) is 25.1 Å². The van der Waals surface area contributed by atoms with E-state index >= 15 is 0 Å². The van der Waals surface area contributed by atoms with Crippen molar-refractivity contribution >= 4 is 22.4 Å². The van der Waals surface area contributed by atoms with Gasteiger partial charge in [-0.1, -0.05) is 0 Å². The van der Waals surface area contributed by atoms with Crippen LogP contribution in [0.5, 0.6) is 11.5 Å². The Hall–Kier alpha value is -4.47. The maximum absolute atomic E-state index is 5.52. The van der Waals surface area contributed by atoms with Crippen LogP contribution >= 0.6 is 0 Å². The lowest BCUT2D eigenvalue weighted by atomic mass is 10.2. The first-order valence-corrected chi connectivity index (χ1v) is 11.1. The average Bonchev–Trinajstić information content (AvgIpc) is 3.51.